The summed E-state index contributed by atoms with van der Waals surface area (Å²) in [6, 6.07) is 5.57. The molecular formula is C21H24F2N4. The average Bonchev–Trinajstić information content (AvgIpc) is 2.65. The number of aryl methyl sites for hydroxylation is 1. The molecule has 0 amide bonds. The topological polar surface area (TPSA) is 48.8 Å². The third kappa shape index (κ3) is 6.02. The van der Waals surface area contributed by atoms with Gasteiger partial charge < -0.3 is 10.9 Å². The molecule has 2 rings (SSSR count). The number of nitrogens with one attached hydrogen (secondary N) is 2. The van der Waals surface area contributed by atoms with Gasteiger partial charge in [0.25, 0.3) is 0 Å². The molecule has 0 saturated heterocycles. The summed E-state index contributed by atoms with van der Waals surface area (Å²) in [6.07, 6.45) is 9.48. The molecule has 1 aliphatic rings. The summed E-state index contributed by atoms with van der Waals surface area (Å²) >= 11 is 0. The monoisotopic (exact) mass is 370 g/mol. The molecule has 0 aromatic heterocycles. The van der Waals surface area contributed by atoms with Crippen LogP contribution in [0.3, 0.4) is 0 Å². The van der Waals surface area contributed by atoms with Crippen LogP contribution in [-0.2, 0) is 6.42 Å². The maximum absolute atomic E-state index is 13.0. The molecular weight excluding hydrogens is 346 g/mol. The van der Waals surface area contributed by atoms with E-state index in [9.17, 15) is 8.78 Å². The van der Waals surface area contributed by atoms with Gasteiger partial charge in [-0.2, -0.15) is 0 Å². The Kier molecular flexibility index (Phi) is 7.67. The van der Waals surface area contributed by atoms with Gasteiger partial charge in [-0.3, -0.25) is 9.98 Å². The minimum atomic E-state index is -2.40. The lowest BCUT2D eigenvalue weighted by Crippen LogP contribution is -2.20. The van der Waals surface area contributed by atoms with Crippen molar-refractivity contribution < 1.29 is 8.78 Å². The number of halogens is 2. The Morgan fingerprint density at radius 1 is 1.26 bits per heavy atom. The fourth-order valence-corrected chi connectivity index (χ4v) is 2.74. The van der Waals surface area contributed by atoms with Crippen LogP contribution in [-0.4, -0.2) is 25.9 Å². The van der Waals surface area contributed by atoms with Crippen molar-refractivity contribution in [3.8, 4) is 0 Å². The number of benzene rings is 1. The van der Waals surface area contributed by atoms with Crippen LogP contribution in [0.1, 0.15) is 23.6 Å². The van der Waals surface area contributed by atoms with Crippen LogP contribution in [0.2, 0.25) is 0 Å². The molecule has 1 aromatic carbocycles. The summed E-state index contributed by atoms with van der Waals surface area (Å²) in [5.41, 5.74) is 10.7. The van der Waals surface area contributed by atoms with E-state index in [2.05, 4.69) is 20.8 Å². The molecule has 0 fully saturated rings. The number of rotatable bonds is 5. The Balaban J connectivity index is 2.62. The predicted octanol–water partition coefficient (Wildman–Crippen LogP) is 4.37. The highest BCUT2D eigenvalue weighted by atomic mass is 19.3. The zero-order valence-electron chi connectivity index (χ0n) is 15.7. The largest absolute Gasteiger partial charge is 0.309 e. The zero-order valence-corrected chi connectivity index (χ0v) is 15.7. The first-order valence-electron chi connectivity index (χ1n) is 8.60. The van der Waals surface area contributed by atoms with Crippen LogP contribution in [0.4, 0.5) is 8.78 Å². The van der Waals surface area contributed by atoms with Gasteiger partial charge in [0.05, 0.1) is 0 Å². The molecule has 0 aliphatic carbocycles. The second kappa shape index (κ2) is 10.2. The van der Waals surface area contributed by atoms with Crippen molar-refractivity contribution in [2.45, 2.75) is 26.7 Å². The highest BCUT2D eigenvalue weighted by Gasteiger charge is 2.14. The van der Waals surface area contributed by atoms with Crippen molar-refractivity contribution in [2.24, 2.45) is 9.98 Å². The summed E-state index contributed by atoms with van der Waals surface area (Å²) in [7, 11) is 1.68. The number of nitrogens with zero attached hydrogens (tertiary/aromatic N) is 2. The molecule has 1 aromatic rings. The molecule has 4 nitrogen and oxygen atoms in total. The SMILES string of the molecule is CN=CC(/C1=C/N=CC=CNNC=C1)=C(\C)c1cc(C)ccc1CC(F)F. The van der Waals surface area contributed by atoms with Crippen LogP contribution < -0.4 is 10.9 Å². The molecule has 1 aliphatic heterocycles. The summed E-state index contributed by atoms with van der Waals surface area (Å²) in [5.74, 6) is 0. The van der Waals surface area contributed by atoms with Crippen LogP contribution in [0.25, 0.3) is 5.57 Å². The van der Waals surface area contributed by atoms with E-state index < -0.39 is 6.43 Å². The molecule has 0 spiro atoms. The summed E-state index contributed by atoms with van der Waals surface area (Å²) < 4.78 is 26.1. The first-order valence-corrected chi connectivity index (χ1v) is 8.60. The van der Waals surface area contributed by atoms with Gasteiger partial charge in [0.1, 0.15) is 0 Å². The minimum absolute atomic E-state index is 0.285. The number of hydrogen-bond donors (Lipinski definition) is 2. The quantitative estimate of drug-likeness (QED) is 0.757. The maximum atomic E-state index is 13.0. The normalized spacial score (nSPS) is 17.3. The Bertz CT molecular complexity index is 831. The fourth-order valence-electron chi connectivity index (χ4n) is 2.74. The van der Waals surface area contributed by atoms with Crippen LogP contribution >= 0.6 is 0 Å². The van der Waals surface area contributed by atoms with Crippen molar-refractivity contribution in [3.05, 3.63) is 76.8 Å². The van der Waals surface area contributed by atoms with E-state index in [0.29, 0.717) is 5.56 Å². The van der Waals surface area contributed by atoms with Gasteiger partial charge in [-0.25, -0.2) is 8.78 Å². The van der Waals surface area contributed by atoms with E-state index in [1.165, 1.54) is 0 Å². The number of aliphatic imine (C=N–C) groups is 2. The lowest BCUT2D eigenvalue weighted by molar-refractivity contribution is 0.149. The number of hydrogen-bond acceptors (Lipinski definition) is 4. The van der Waals surface area contributed by atoms with Crippen LogP contribution in [0.5, 0.6) is 0 Å². The average molecular weight is 370 g/mol. The lowest BCUT2D eigenvalue weighted by Gasteiger charge is -2.15. The number of allylic oxidation sites excluding steroid dienone is 5. The Labute approximate surface area is 158 Å². The lowest BCUT2D eigenvalue weighted by atomic mass is 9.91. The van der Waals surface area contributed by atoms with Crippen LogP contribution in [0, 0.1) is 6.92 Å². The van der Waals surface area contributed by atoms with Crippen molar-refractivity contribution in [3.63, 3.8) is 0 Å². The highest BCUT2D eigenvalue weighted by molar-refractivity contribution is 5.97. The second-order valence-corrected chi connectivity index (χ2v) is 6.05. The first kappa shape index (κ1) is 20.3. The summed E-state index contributed by atoms with van der Waals surface area (Å²) in [6.45, 7) is 3.87. The van der Waals surface area contributed by atoms with E-state index >= 15 is 0 Å². The zero-order chi connectivity index (χ0) is 19.6. The fraction of sp³-hybridized carbons (Fsp3) is 0.238. The van der Waals surface area contributed by atoms with E-state index in [4.69, 9.17) is 0 Å². The predicted molar refractivity (Wildman–Crippen MR) is 109 cm³/mol. The molecule has 0 unspecified atom stereocenters. The van der Waals surface area contributed by atoms with Gasteiger partial charge in [0.2, 0.25) is 6.43 Å². The van der Waals surface area contributed by atoms with E-state index in [1.807, 2.05) is 32.1 Å². The molecule has 2 N–H and O–H groups in total. The van der Waals surface area contributed by atoms with Crippen molar-refractivity contribution in [1.29, 1.82) is 0 Å². The van der Waals surface area contributed by atoms with Gasteiger partial charge in [-0.1, -0.05) is 23.8 Å². The van der Waals surface area contributed by atoms with E-state index in [-0.39, 0.29) is 6.42 Å². The molecule has 142 valence electrons. The van der Waals surface area contributed by atoms with Gasteiger partial charge in [-0.05, 0) is 42.7 Å². The van der Waals surface area contributed by atoms with Crippen molar-refractivity contribution in [2.75, 3.05) is 7.05 Å². The first-order chi connectivity index (χ1) is 13.0. The number of hydrazine groups is 1. The van der Waals surface area contributed by atoms with Crippen LogP contribution in [0.15, 0.2) is 70.1 Å². The van der Waals surface area contributed by atoms with Gasteiger partial charge >= 0.3 is 0 Å². The maximum Gasteiger partial charge on any atom is 0.242 e. The molecule has 27 heavy (non-hydrogen) atoms. The molecule has 0 atom stereocenters. The number of alkyl halides is 2. The molecule has 0 bridgehead atoms. The second-order valence-electron chi connectivity index (χ2n) is 6.05. The van der Waals surface area contributed by atoms with Gasteiger partial charge in [0.15, 0.2) is 0 Å². The molecule has 6 heteroatoms. The molecule has 0 radical (unpaired) electrons. The Morgan fingerprint density at radius 2 is 2.04 bits per heavy atom. The Morgan fingerprint density at radius 3 is 2.78 bits per heavy atom. The van der Waals surface area contributed by atoms with Crippen molar-refractivity contribution >= 4 is 18.0 Å². The third-order valence-electron chi connectivity index (χ3n) is 4.01. The standard InChI is InChI=1S/C21H24F2N4/c1-15-5-6-17(12-21(22)23)19(11-15)16(2)20(14-24-3)18-7-10-27-26-9-4-8-25-13-18/h4-11,13-14,21,26-27H,12H2,1-3H3/b9-4?,10-7?,18-13+,20-16-,24-14?,25-8?. The molecule has 0 saturated carbocycles. The minimum Gasteiger partial charge on any atom is -0.309 e. The molecule has 1 heterocycles. The van der Waals surface area contributed by atoms with Gasteiger partial charge in [0, 0.05) is 55.6 Å². The Hall–Kier alpha value is -3.02. The van der Waals surface area contributed by atoms with Crippen molar-refractivity contribution in [1.82, 2.24) is 10.9 Å². The van der Waals surface area contributed by atoms with Gasteiger partial charge in [-0.15, -0.1) is 0 Å². The summed E-state index contributed by atoms with van der Waals surface area (Å²) in [5, 5.41) is 0. The smallest absolute Gasteiger partial charge is 0.242 e. The summed E-state index contributed by atoms with van der Waals surface area (Å²) in [4.78, 5) is 8.43. The third-order valence-corrected chi connectivity index (χ3v) is 4.01. The highest BCUT2D eigenvalue weighted by Crippen LogP contribution is 2.28. The van der Waals surface area contributed by atoms with E-state index in [0.717, 1.165) is 27.8 Å². The van der Waals surface area contributed by atoms with E-state index in [1.54, 1.807) is 50.2 Å².